The summed E-state index contributed by atoms with van der Waals surface area (Å²) in [6, 6.07) is 0. The van der Waals surface area contributed by atoms with Crippen LogP contribution in [-0.2, 0) is 80.5 Å². The molecule has 0 aromatic rings. The summed E-state index contributed by atoms with van der Waals surface area (Å²) >= 11 is 0. The van der Waals surface area contributed by atoms with Crippen LogP contribution < -0.4 is 0 Å². The molecule has 0 aromatic carbocycles. The van der Waals surface area contributed by atoms with Crippen LogP contribution in [-0.4, -0.2) is 238 Å². The van der Waals surface area contributed by atoms with Crippen LogP contribution in [0, 0.1) is 28.6 Å². The first-order valence-electron chi connectivity index (χ1n) is 28.6. The Morgan fingerprint density at radius 1 is 0.590 bits per heavy atom. The smallest absolute Gasteiger partial charge is 0.187 e. The van der Waals surface area contributed by atoms with Crippen molar-refractivity contribution in [3.63, 3.8) is 0 Å². The first-order valence-corrected chi connectivity index (χ1v) is 28.6. The Morgan fingerprint density at radius 3 is 1.72 bits per heavy atom. The van der Waals surface area contributed by atoms with Crippen LogP contribution in [0.25, 0.3) is 0 Å². The lowest BCUT2D eigenvalue weighted by atomic mass is 9.47. The topological polar surface area (TPSA) is 278 Å². The largest absolute Gasteiger partial charge is 0.395 e. The third-order valence-electron chi connectivity index (χ3n) is 20.4. The highest BCUT2D eigenvalue weighted by molar-refractivity contribution is 5.31. The van der Waals surface area contributed by atoms with Crippen molar-refractivity contribution < 1.29 is 111 Å². The van der Waals surface area contributed by atoms with E-state index in [0.29, 0.717) is 19.4 Å². The Kier molecular flexibility index (Phi) is 17.0. The minimum absolute atomic E-state index is 0.0508. The van der Waals surface area contributed by atoms with Crippen molar-refractivity contribution >= 4 is 0 Å². The highest BCUT2D eigenvalue weighted by Crippen LogP contribution is 2.76. The van der Waals surface area contributed by atoms with E-state index in [9.17, 15) is 30.6 Å². The molecule has 22 unspecified atom stereocenters. The summed E-state index contributed by atoms with van der Waals surface area (Å²) < 4.78 is 107. The van der Waals surface area contributed by atoms with E-state index < -0.39 is 147 Å². The van der Waals surface area contributed by atoms with Crippen molar-refractivity contribution in [2.75, 3.05) is 48.3 Å². The van der Waals surface area contributed by atoms with Gasteiger partial charge in [-0.1, -0.05) is 18.6 Å². The number of hydrogen-bond donors (Lipinski definition) is 6. The van der Waals surface area contributed by atoms with Crippen LogP contribution >= 0.6 is 0 Å². The molecule has 31 atom stereocenters. The molecule has 6 N–H and O–H groups in total. The maximum atomic E-state index is 11.5. The van der Waals surface area contributed by atoms with Crippen LogP contribution in [0.15, 0.2) is 11.6 Å². The van der Waals surface area contributed by atoms with Gasteiger partial charge in [0.15, 0.2) is 43.0 Å². The molecule has 10 fully saturated rings. The summed E-state index contributed by atoms with van der Waals surface area (Å²) in [4.78, 5) is 0. The predicted octanol–water partition coefficient (Wildman–Crippen LogP) is 1.30. The molecule has 0 radical (unpaired) electrons. The molecule has 0 amide bonds. The van der Waals surface area contributed by atoms with Crippen LogP contribution in [0.4, 0.5) is 0 Å². The lowest BCUT2D eigenvalue weighted by Gasteiger charge is -2.59. The minimum Gasteiger partial charge on any atom is -0.395 e. The Hall–Kier alpha value is -1.18. The van der Waals surface area contributed by atoms with Gasteiger partial charge in [-0.25, -0.2) is 0 Å². The second-order valence-corrected chi connectivity index (χ2v) is 24.5. The number of hydrogen-bond acceptors (Lipinski definition) is 23. The molecule has 23 nitrogen and oxygen atoms in total. The minimum atomic E-state index is -1.67. The second kappa shape index (κ2) is 22.7. The van der Waals surface area contributed by atoms with Crippen LogP contribution in [0.2, 0.25) is 0 Å². The number of rotatable bonds is 16. The van der Waals surface area contributed by atoms with E-state index >= 15 is 0 Å². The number of aliphatic hydroxyl groups is 6. The molecular weight excluding hydrogens is 1030 g/mol. The third-order valence-corrected chi connectivity index (χ3v) is 20.4. The van der Waals surface area contributed by atoms with Gasteiger partial charge in [-0.05, 0) is 79.1 Å². The normalized spacial score (nSPS) is 55.7. The molecule has 0 spiro atoms. The Balaban J connectivity index is 0.663. The average molecular weight is 1120 g/mol. The van der Waals surface area contributed by atoms with Gasteiger partial charge in [0.25, 0.3) is 0 Å². The number of methoxy groups -OCH3 is 4. The Morgan fingerprint density at radius 2 is 1.15 bits per heavy atom. The van der Waals surface area contributed by atoms with Gasteiger partial charge in [-0.2, -0.15) is 0 Å². The van der Waals surface area contributed by atoms with Crippen LogP contribution in [0.1, 0.15) is 99.3 Å². The number of allylic oxidation sites excluding steroid dienone is 1. The molecule has 78 heavy (non-hydrogen) atoms. The zero-order chi connectivity index (χ0) is 55.4. The lowest BCUT2D eigenvalue weighted by Crippen LogP contribution is -2.65. The van der Waals surface area contributed by atoms with E-state index in [2.05, 4.69) is 19.9 Å². The van der Waals surface area contributed by atoms with Crippen molar-refractivity contribution in [2.45, 2.75) is 258 Å². The van der Waals surface area contributed by atoms with E-state index in [0.717, 1.165) is 38.5 Å². The molecule has 2 bridgehead atoms. The lowest BCUT2D eigenvalue weighted by molar-refractivity contribution is -0.374. The zero-order valence-corrected chi connectivity index (χ0v) is 46.8. The summed E-state index contributed by atoms with van der Waals surface area (Å²) in [6.45, 7) is 11.8. The molecule has 8 aliphatic heterocycles. The molecule has 11 rings (SSSR count). The summed E-state index contributed by atoms with van der Waals surface area (Å²) in [5, 5.41) is 63.7. The number of aliphatic hydroxyl groups excluding tert-OH is 6. The van der Waals surface area contributed by atoms with Gasteiger partial charge in [0.05, 0.1) is 80.7 Å². The van der Waals surface area contributed by atoms with Crippen molar-refractivity contribution in [1.29, 1.82) is 0 Å². The zero-order valence-electron chi connectivity index (χ0n) is 46.8. The standard InChI is InChI=1S/C55H88O23/c1-24-44(32(62-7)18-37(67-24)71-29-13-16-54(23-57)28(17-29)11-12-31-30(54)14-15-52(5)49-36-22-66-53(49,6)78-55(31,52)77-36)73-38-19-33(63-8)45(25(2)68-38)74-39-20-34(64-9)46(26(3)69-39)75-51-43(61)48(65-10)47(27(4)70-51)76-50-42(60)41(59)40(58)35(21-56)72-50/h11,24-27,29-51,56-61H,12-23H2,1-10H3/t24?,25?,26?,27?,29-,30-,31+,32?,33?,34?,35?,36+,37?,38?,39?,40?,41?,42?,43?,44?,45?,46?,47?,48?,49-,50?,51?,52+,53+,54+,55-/m0/s1. The SMILES string of the molecule is COC1CC(O[C@H]2CC[C@@]3(CO)C(=CC[C@@H]4[C@@H]3CC[C@]3(C)[C@@H]5[C@H]6CO[C@]5(C)O[C@@]43O6)C2)OC(C)C1OC1CC(OC)C(OC2CC(OC)C(OC3OC(C)C(OC4OC(CO)C(O)C(O)C4O)C(OC)C3O)C(C)O2)C(C)O1. The van der Waals surface area contributed by atoms with Crippen molar-refractivity contribution in [3.8, 4) is 0 Å². The summed E-state index contributed by atoms with van der Waals surface area (Å²) in [7, 11) is 6.23. The number of ether oxygens (including phenoxy) is 17. The van der Waals surface area contributed by atoms with E-state index in [4.69, 9.17) is 80.5 Å². The molecule has 446 valence electrons. The highest BCUT2D eigenvalue weighted by Gasteiger charge is 2.83. The molecule has 8 saturated heterocycles. The monoisotopic (exact) mass is 1120 g/mol. The Bertz CT molecular complexity index is 2090. The maximum absolute atomic E-state index is 11.5. The van der Waals surface area contributed by atoms with Gasteiger partial charge in [0.2, 0.25) is 0 Å². The highest BCUT2D eigenvalue weighted by atomic mass is 16.8. The van der Waals surface area contributed by atoms with Gasteiger partial charge >= 0.3 is 0 Å². The fourth-order valence-electron chi connectivity index (χ4n) is 16.5. The van der Waals surface area contributed by atoms with E-state index in [-0.39, 0.29) is 59.9 Å². The van der Waals surface area contributed by atoms with Crippen molar-refractivity contribution in [3.05, 3.63) is 11.6 Å². The number of fused-ring (bicyclic) bond motifs is 3. The molecule has 8 heterocycles. The molecule has 3 aliphatic carbocycles. The fraction of sp³-hybridized carbons (Fsp3) is 0.964. The van der Waals surface area contributed by atoms with Gasteiger partial charge in [-0.15, -0.1) is 0 Å². The van der Waals surface area contributed by atoms with Crippen LogP contribution in [0.3, 0.4) is 0 Å². The van der Waals surface area contributed by atoms with E-state index in [1.165, 1.54) is 12.7 Å². The predicted molar refractivity (Wildman–Crippen MR) is 265 cm³/mol. The average Bonchev–Trinajstić information content (AvgIpc) is 2.09. The first kappa shape index (κ1) is 58.6. The van der Waals surface area contributed by atoms with Gasteiger partial charge in [-0.3, -0.25) is 0 Å². The summed E-state index contributed by atoms with van der Waals surface area (Å²) in [6.07, 6.45) is -11.1. The van der Waals surface area contributed by atoms with Gasteiger partial charge in [0.1, 0.15) is 61.0 Å². The van der Waals surface area contributed by atoms with E-state index in [1.54, 1.807) is 28.3 Å². The second-order valence-electron chi connectivity index (χ2n) is 24.5. The van der Waals surface area contributed by atoms with Gasteiger partial charge < -0.3 is 111 Å². The first-order chi connectivity index (χ1) is 37.3. The summed E-state index contributed by atoms with van der Waals surface area (Å²) in [5.74, 6) is -0.739. The molecule has 23 heteroatoms. The molecule has 0 aromatic heterocycles. The van der Waals surface area contributed by atoms with Crippen LogP contribution in [0.5, 0.6) is 0 Å². The summed E-state index contributed by atoms with van der Waals surface area (Å²) in [5.41, 5.74) is 0.803. The third kappa shape index (κ3) is 9.72. The Labute approximate surface area is 456 Å². The van der Waals surface area contributed by atoms with E-state index in [1.807, 2.05) is 20.8 Å². The fourth-order valence-corrected chi connectivity index (χ4v) is 16.5. The molecule has 11 aliphatic rings. The molecule has 2 saturated carbocycles. The van der Waals surface area contributed by atoms with Crippen molar-refractivity contribution in [1.82, 2.24) is 0 Å². The quantitative estimate of drug-likeness (QED) is 0.119. The van der Waals surface area contributed by atoms with Crippen molar-refractivity contribution in [2.24, 2.45) is 28.6 Å². The maximum Gasteiger partial charge on any atom is 0.187 e. The molecular formula is C55H88O23. The van der Waals surface area contributed by atoms with Gasteiger partial charge in [0, 0.05) is 64.4 Å².